The third-order valence-electron chi connectivity index (χ3n) is 2.54. The van der Waals surface area contributed by atoms with Crippen molar-refractivity contribution in [2.24, 2.45) is 5.73 Å². The van der Waals surface area contributed by atoms with Gasteiger partial charge in [-0.25, -0.2) is 4.98 Å². The summed E-state index contributed by atoms with van der Waals surface area (Å²) in [5, 5.41) is 5.38. The van der Waals surface area contributed by atoms with Crippen LogP contribution in [0.25, 0.3) is 0 Å². The summed E-state index contributed by atoms with van der Waals surface area (Å²) in [6, 6.07) is 0.218. The molecule has 1 saturated heterocycles. The topological polar surface area (TPSA) is 71.2 Å². The molecule has 2 heterocycles. The van der Waals surface area contributed by atoms with Crippen LogP contribution in [0.5, 0.6) is 0 Å². The molecule has 88 valence electrons. The molecule has 1 unspecified atom stereocenters. The van der Waals surface area contributed by atoms with Crippen molar-refractivity contribution in [2.75, 3.05) is 25.0 Å². The number of carbonyl (C=O) groups excluding carboxylic acids is 1. The molecule has 5 nitrogen and oxygen atoms in total. The van der Waals surface area contributed by atoms with E-state index in [2.05, 4.69) is 15.2 Å². The van der Waals surface area contributed by atoms with E-state index in [4.69, 9.17) is 5.73 Å². The molecule has 3 N–H and O–H groups in total. The molecule has 0 aromatic carbocycles. The van der Waals surface area contributed by atoms with Crippen molar-refractivity contribution in [2.45, 2.75) is 19.4 Å². The van der Waals surface area contributed by atoms with Gasteiger partial charge in [-0.15, -0.1) is 11.3 Å². The van der Waals surface area contributed by atoms with Gasteiger partial charge in [-0.1, -0.05) is 0 Å². The second-order valence-corrected chi connectivity index (χ2v) is 4.98. The summed E-state index contributed by atoms with van der Waals surface area (Å²) in [4.78, 5) is 17.9. The first kappa shape index (κ1) is 11.5. The summed E-state index contributed by atoms with van der Waals surface area (Å²) in [6.45, 7) is 4.04. The third-order valence-corrected chi connectivity index (χ3v) is 3.42. The number of hydrogen-bond acceptors (Lipinski definition) is 5. The van der Waals surface area contributed by atoms with Crippen LogP contribution in [0, 0.1) is 6.92 Å². The first-order valence-electron chi connectivity index (χ1n) is 5.33. The Hall–Kier alpha value is -0.980. The predicted molar refractivity (Wildman–Crippen MR) is 64.5 cm³/mol. The van der Waals surface area contributed by atoms with Crippen LogP contribution in [0.15, 0.2) is 5.38 Å². The second kappa shape index (κ2) is 4.90. The van der Waals surface area contributed by atoms with Crippen LogP contribution in [0.3, 0.4) is 0 Å². The molecular formula is C10H16N4OS. The number of nitrogens with zero attached hydrogens (tertiary/aromatic N) is 2. The van der Waals surface area contributed by atoms with E-state index in [1.807, 2.05) is 12.3 Å². The minimum absolute atomic E-state index is 0.0107. The van der Waals surface area contributed by atoms with Gasteiger partial charge in [-0.3, -0.25) is 9.69 Å². The van der Waals surface area contributed by atoms with Crippen LogP contribution in [-0.4, -0.2) is 41.5 Å². The highest BCUT2D eigenvalue weighted by atomic mass is 32.1. The number of nitrogens with two attached hydrogens (primary N) is 1. The van der Waals surface area contributed by atoms with Crippen molar-refractivity contribution in [3.05, 3.63) is 11.1 Å². The van der Waals surface area contributed by atoms with Crippen molar-refractivity contribution >= 4 is 22.4 Å². The van der Waals surface area contributed by atoms with E-state index in [1.54, 1.807) is 0 Å². The second-order valence-electron chi connectivity index (χ2n) is 4.13. The van der Waals surface area contributed by atoms with E-state index in [0.717, 1.165) is 25.2 Å². The fourth-order valence-electron chi connectivity index (χ4n) is 1.78. The zero-order valence-electron chi connectivity index (χ0n) is 9.27. The normalized spacial score (nSPS) is 21.2. The van der Waals surface area contributed by atoms with Crippen LogP contribution in [0.4, 0.5) is 5.13 Å². The van der Waals surface area contributed by atoms with Gasteiger partial charge in [-0.2, -0.15) is 0 Å². The molecule has 6 heteroatoms. The molecule has 1 amide bonds. The lowest BCUT2D eigenvalue weighted by Crippen LogP contribution is -2.33. The molecule has 0 aliphatic carbocycles. The molecular weight excluding hydrogens is 224 g/mol. The van der Waals surface area contributed by atoms with Crippen molar-refractivity contribution in [1.29, 1.82) is 0 Å². The van der Waals surface area contributed by atoms with Gasteiger partial charge in [0.25, 0.3) is 0 Å². The molecule has 0 bridgehead atoms. The quantitative estimate of drug-likeness (QED) is 0.803. The number of aryl methyl sites for hydroxylation is 1. The highest BCUT2D eigenvalue weighted by Gasteiger charge is 2.21. The summed E-state index contributed by atoms with van der Waals surface area (Å²) in [5.74, 6) is -0.0107. The molecule has 0 saturated carbocycles. The minimum atomic E-state index is -0.0107. The predicted octanol–water partition coefficient (Wildman–Crippen LogP) is 0.423. The number of likely N-dealkylation sites (tertiary alicyclic amines) is 1. The van der Waals surface area contributed by atoms with Crippen LogP contribution in [0.2, 0.25) is 0 Å². The number of rotatable bonds is 3. The molecule has 1 aliphatic heterocycles. The van der Waals surface area contributed by atoms with Gasteiger partial charge >= 0.3 is 0 Å². The number of amides is 1. The standard InChI is InChI=1S/C10H16N4OS/c1-7-6-16-10(12-7)13-9(15)5-14-3-2-8(11)4-14/h6,8H,2-5,11H2,1H3,(H,12,13,15). The molecule has 1 aromatic rings. The summed E-state index contributed by atoms with van der Waals surface area (Å²) in [7, 11) is 0. The van der Waals surface area contributed by atoms with Crippen LogP contribution >= 0.6 is 11.3 Å². The Morgan fingerprint density at radius 1 is 1.81 bits per heavy atom. The van der Waals surface area contributed by atoms with Crippen LogP contribution < -0.4 is 11.1 Å². The van der Waals surface area contributed by atoms with Gasteiger partial charge in [0.15, 0.2) is 5.13 Å². The number of carbonyl (C=O) groups is 1. The van der Waals surface area contributed by atoms with Crippen LogP contribution in [0.1, 0.15) is 12.1 Å². The largest absolute Gasteiger partial charge is 0.326 e. The molecule has 0 radical (unpaired) electrons. The van der Waals surface area contributed by atoms with Gasteiger partial charge in [0, 0.05) is 24.5 Å². The lowest BCUT2D eigenvalue weighted by Gasteiger charge is -2.13. The monoisotopic (exact) mass is 240 g/mol. The zero-order chi connectivity index (χ0) is 11.5. The zero-order valence-corrected chi connectivity index (χ0v) is 10.1. The van der Waals surface area contributed by atoms with E-state index in [9.17, 15) is 4.79 Å². The first-order valence-corrected chi connectivity index (χ1v) is 6.21. The van der Waals surface area contributed by atoms with Crippen molar-refractivity contribution < 1.29 is 4.79 Å². The number of anilines is 1. The molecule has 16 heavy (non-hydrogen) atoms. The Kier molecular flexibility index (Phi) is 3.52. The number of thiazole rings is 1. The Balaban J connectivity index is 1.80. The van der Waals surface area contributed by atoms with Gasteiger partial charge in [0.2, 0.25) is 5.91 Å². The SMILES string of the molecule is Cc1csc(NC(=O)CN2CCC(N)C2)n1. The average Bonchev–Trinajstić information content (AvgIpc) is 2.76. The number of nitrogens with one attached hydrogen (secondary N) is 1. The Labute approximate surface area is 98.7 Å². The Morgan fingerprint density at radius 2 is 2.62 bits per heavy atom. The van der Waals surface area contributed by atoms with Crippen molar-refractivity contribution in [1.82, 2.24) is 9.88 Å². The van der Waals surface area contributed by atoms with E-state index >= 15 is 0 Å². The van der Waals surface area contributed by atoms with E-state index in [-0.39, 0.29) is 11.9 Å². The molecule has 0 spiro atoms. The van der Waals surface area contributed by atoms with Gasteiger partial charge in [0.1, 0.15) is 0 Å². The average molecular weight is 240 g/mol. The number of aromatic nitrogens is 1. The maximum absolute atomic E-state index is 11.7. The molecule has 1 fully saturated rings. The van der Waals surface area contributed by atoms with Gasteiger partial charge in [-0.05, 0) is 13.3 Å². The van der Waals surface area contributed by atoms with Gasteiger partial charge in [0.05, 0.1) is 12.2 Å². The maximum atomic E-state index is 11.7. The lowest BCUT2D eigenvalue weighted by molar-refractivity contribution is -0.117. The van der Waals surface area contributed by atoms with Crippen molar-refractivity contribution in [3.8, 4) is 0 Å². The highest BCUT2D eigenvalue weighted by Crippen LogP contribution is 2.14. The van der Waals surface area contributed by atoms with Gasteiger partial charge < -0.3 is 11.1 Å². The fourth-order valence-corrected chi connectivity index (χ4v) is 2.48. The molecule has 1 aliphatic rings. The minimum Gasteiger partial charge on any atom is -0.326 e. The maximum Gasteiger partial charge on any atom is 0.240 e. The number of hydrogen-bond donors (Lipinski definition) is 2. The van der Waals surface area contributed by atoms with E-state index < -0.39 is 0 Å². The smallest absolute Gasteiger partial charge is 0.240 e. The van der Waals surface area contributed by atoms with Crippen LogP contribution in [-0.2, 0) is 4.79 Å². The summed E-state index contributed by atoms with van der Waals surface area (Å²) < 4.78 is 0. The molecule has 1 atom stereocenters. The third kappa shape index (κ3) is 3.01. The first-order chi connectivity index (χ1) is 7.63. The Bertz CT molecular complexity index is 379. The molecule has 1 aromatic heterocycles. The fraction of sp³-hybridized carbons (Fsp3) is 0.600. The highest BCUT2D eigenvalue weighted by molar-refractivity contribution is 7.13. The summed E-state index contributed by atoms with van der Waals surface area (Å²) >= 11 is 1.45. The van der Waals surface area contributed by atoms with E-state index in [1.165, 1.54) is 11.3 Å². The van der Waals surface area contributed by atoms with Crippen molar-refractivity contribution in [3.63, 3.8) is 0 Å². The summed E-state index contributed by atoms with van der Waals surface area (Å²) in [6.07, 6.45) is 0.976. The summed E-state index contributed by atoms with van der Waals surface area (Å²) in [5.41, 5.74) is 6.71. The lowest BCUT2D eigenvalue weighted by atomic mass is 10.3. The molecule has 2 rings (SSSR count). The Morgan fingerprint density at radius 3 is 3.19 bits per heavy atom. The van der Waals surface area contributed by atoms with E-state index in [0.29, 0.717) is 11.7 Å².